The van der Waals surface area contributed by atoms with Crippen molar-refractivity contribution >= 4 is 54.9 Å². The molecule has 31 heavy (non-hydrogen) atoms. The number of nitrogens with one attached hydrogen (secondary N) is 1. The normalized spacial score (nSPS) is 13.5. The Morgan fingerprint density at radius 2 is 1.87 bits per heavy atom. The molecular formula is C22H27Br2NO6. The Kier molecular flexibility index (Phi) is 8.33. The second kappa shape index (κ2) is 10.2. The highest BCUT2D eigenvalue weighted by molar-refractivity contribution is 9.12. The van der Waals surface area contributed by atoms with Crippen molar-refractivity contribution in [3.8, 4) is 5.75 Å². The summed E-state index contributed by atoms with van der Waals surface area (Å²) >= 11 is 7.03. The van der Waals surface area contributed by atoms with Gasteiger partial charge in [0.1, 0.15) is 23.0 Å². The van der Waals surface area contributed by atoms with Gasteiger partial charge in [-0.15, -0.1) is 0 Å². The second-order valence-corrected chi connectivity index (χ2v) is 10.3. The number of esters is 1. The predicted octanol–water partition coefficient (Wildman–Crippen LogP) is 4.93. The van der Waals surface area contributed by atoms with E-state index < -0.39 is 29.3 Å². The summed E-state index contributed by atoms with van der Waals surface area (Å²) in [5.74, 6) is -0.344. The summed E-state index contributed by atoms with van der Waals surface area (Å²) in [4.78, 5) is 36.7. The number of alkyl carbamates (subject to hydrolysis) is 1. The number of ether oxygens (including phenoxy) is 2. The number of fused-ring (bicyclic) bond motifs is 1. The first-order chi connectivity index (χ1) is 14.3. The van der Waals surface area contributed by atoms with Crippen LogP contribution in [0.3, 0.4) is 0 Å². The van der Waals surface area contributed by atoms with Crippen molar-refractivity contribution < 1.29 is 23.5 Å². The first-order valence-electron chi connectivity index (χ1n) is 9.80. The summed E-state index contributed by atoms with van der Waals surface area (Å²) in [6.45, 7) is 10.3. The Labute approximate surface area is 198 Å². The molecule has 1 heterocycles. The predicted molar refractivity (Wildman–Crippen MR) is 127 cm³/mol. The minimum Gasteiger partial charge on any atom is -0.444 e. The van der Waals surface area contributed by atoms with Crippen molar-refractivity contribution in [1.82, 2.24) is 5.32 Å². The minimum absolute atomic E-state index is 0.0927. The van der Waals surface area contributed by atoms with E-state index in [1.54, 1.807) is 27.7 Å². The van der Waals surface area contributed by atoms with E-state index in [1.165, 1.54) is 13.0 Å². The van der Waals surface area contributed by atoms with Gasteiger partial charge in [0.2, 0.25) is 0 Å². The van der Waals surface area contributed by atoms with Gasteiger partial charge >= 0.3 is 17.7 Å². The molecule has 2 rings (SSSR count). The molecule has 170 valence electrons. The van der Waals surface area contributed by atoms with Crippen molar-refractivity contribution in [3.05, 3.63) is 39.2 Å². The smallest absolute Gasteiger partial charge is 0.408 e. The molecule has 0 radical (unpaired) electrons. The average Bonchev–Trinajstić information content (AvgIpc) is 2.63. The SMILES string of the molecule is Cc1cc(=O)oc2c(C)c(OC(=O)C(C)NC(=O)OC(C)(C)C)c(CC(Br)CBr)cc12. The molecule has 9 heteroatoms. The van der Waals surface area contributed by atoms with Gasteiger partial charge < -0.3 is 19.2 Å². The van der Waals surface area contributed by atoms with Crippen molar-refractivity contribution in [3.63, 3.8) is 0 Å². The lowest BCUT2D eigenvalue weighted by atomic mass is 9.99. The van der Waals surface area contributed by atoms with Crippen LogP contribution in [0.15, 0.2) is 21.3 Å². The molecule has 0 bridgehead atoms. The highest BCUT2D eigenvalue weighted by Gasteiger charge is 2.25. The minimum atomic E-state index is -0.946. The average molecular weight is 561 g/mol. The molecule has 1 aromatic carbocycles. The number of carbonyl (C=O) groups excluding carboxylic acids is 2. The maximum Gasteiger partial charge on any atom is 0.408 e. The molecule has 1 amide bonds. The molecule has 0 spiro atoms. The molecule has 0 aliphatic rings. The molecule has 0 fully saturated rings. The molecule has 0 saturated carbocycles. The Bertz CT molecular complexity index is 1040. The Balaban J connectivity index is 2.41. The number of halogens is 2. The third-order valence-corrected chi connectivity index (χ3v) is 6.69. The van der Waals surface area contributed by atoms with E-state index >= 15 is 0 Å². The fraction of sp³-hybridized carbons (Fsp3) is 0.500. The van der Waals surface area contributed by atoms with Crippen LogP contribution < -0.4 is 15.7 Å². The highest BCUT2D eigenvalue weighted by Crippen LogP contribution is 2.34. The van der Waals surface area contributed by atoms with Gasteiger partial charge in [-0.3, -0.25) is 0 Å². The zero-order valence-electron chi connectivity index (χ0n) is 18.4. The van der Waals surface area contributed by atoms with Crippen LogP contribution in [-0.4, -0.2) is 33.9 Å². The first kappa shape index (κ1) is 25.4. The molecule has 0 aliphatic heterocycles. The maximum atomic E-state index is 12.7. The highest BCUT2D eigenvalue weighted by atomic mass is 79.9. The maximum absolute atomic E-state index is 12.7. The second-order valence-electron chi connectivity index (χ2n) is 8.36. The largest absolute Gasteiger partial charge is 0.444 e. The summed E-state index contributed by atoms with van der Waals surface area (Å²) in [6, 6.07) is 2.35. The van der Waals surface area contributed by atoms with E-state index in [0.29, 0.717) is 28.6 Å². The van der Waals surface area contributed by atoms with Crippen LogP contribution in [0.5, 0.6) is 5.75 Å². The number of hydrogen-bond acceptors (Lipinski definition) is 6. The van der Waals surface area contributed by atoms with E-state index in [0.717, 1.165) is 16.5 Å². The van der Waals surface area contributed by atoms with Crippen molar-refractivity contribution in [2.75, 3.05) is 5.33 Å². The van der Waals surface area contributed by atoms with E-state index in [2.05, 4.69) is 37.2 Å². The zero-order chi connectivity index (χ0) is 23.5. The van der Waals surface area contributed by atoms with E-state index in [-0.39, 0.29) is 4.83 Å². The quantitative estimate of drug-likeness (QED) is 0.233. The van der Waals surface area contributed by atoms with Gasteiger partial charge in [0.25, 0.3) is 0 Å². The zero-order valence-corrected chi connectivity index (χ0v) is 21.6. The Morgan fingerprint density at radius 3 is 2.45 bits per heavy atom. The van der Waals surface area contributed by atoms with Gasteiger partial charge in [0.05, 0.1) is 0 Å². The summed E-state index contributed by atoms with van der Waals surface area (Å²) in [5.41, 5.74) is 1.30. The molecule has 7 nitrogen and oxygen atoms in total. The third-order valence-electron chi connectivity index (χ3n) is 4.40. The fourth-order valence-electron chi connectivity index (χ4n) is 2.98. The molecule has 0 aliphatic carbocycles. The lowest BCUT2D eigenvalue weighted by molar-refractivity contribution is -0.136. The van der Waals surface area contributed by atoms with Crippen LogP contribution in [-0.2, 0) is 16.0 Å². The number of amides is 1. The molecule has 1 aromatic heterocycles. The van der Waals surface area contributed by atoms with Crippen molar-refractivity contribution in [2.45, 2.75) is 64.4 Å². The van der Waals surface area contributed by atoms with Crippen LogP contribution in [0.4, 0.5) is 4.79 Å². The molecule has 0 saturated heterocycles. The molecule has 2 atom stereocenters. The molecule has 1 N–H and O–H groups in total. The molecule has 2 aromatic rings. The van der Waals surface area contributed by atoms with Crippen molar-refractivity contribution in [2.24, 2.45) is 0 Å². The van der Waals surface area contributed by atoms with Crippen LogP contribution >= 0.6 is 31.9 Å². The number of alkyl halides is 2. The van der Waals surface area contributed by atoms with E-state index in [4.69, 9.17) is 13.9 Å². The van der Waals surface area contributed by atoms with Crippen molar-refractivity contribution in [1.29, 1.82) is 0 Å². The van der Waals surface area contributed by atoms with Crippen LogP contribution in [0.25, 0.3) is 11.0 Å². The fourth-order valence-corrected chi connectivity index (χ4v) is 3.56. The Morgan fingerprint density at radius 1 is 1.23 bits per heavy atom. The lowest BCUT2D eigenvalue weighted by Crippen LogP contribution is -2.43. The van der Waals surface area contributed by atoms with Gasteiger partial charge in [-0.2, -0.15) is 0 Å². The standard InChI is InChI=1S/C22H27Br2NO6/c1-11-7-17(26)29-19-12(2)18(14(9-16(11)19)8-15(24)10-23)30-20(27)13(3)25-21(28)31-22(4,5)6/h7,9,13,15H,8,10H2,1-6H3,(H,25,28). The molecular weight excluding hydrogens is 534 g/mol. The van der Waals surface area contributed by atoms with Gasteiger partial charge in [-0.25, -0.2) is 14.4 Å². The van der Waals surface area contributed by atoms with E-state index in [1.807, 2.05) is 13.0 Å². The number of rotatable bonds is 6. The summed E-state index contributed by atoms with van der Waals surface area (Å²) in [7, 11) is 0. The lowest BCUT2D eigenvalue weighted by Gasteiger charge is -2.22. The first-order valence-corrected chi connectivity index (χ1v) is 11.8. The van der Waals surface area contributed by atoms with Crippen LogP contribution in [0, 0.1) is 13.8 Å². The van der Waals surface area contributed by atoms with Crippen LogP contribution in [0.2, 0.25) is 0 Å². The summed E-state index contributed by atoms with van der Waals surface area (Å²) < 4.78 is 16.3. The van der Waals surface area contributed by atoms with Gasteiger partial charge in [-0.05, 0) is 65.2 Å². The van der Waals surface area contributed by atoms with Gasteiger partial charge in [0.15, 0.2) is 0 Å². The number of benzene rings is 1. The number of aryl methyl sites for hydroxylation is 2. The number of carbonyl (C=O) groups is 2. The van der Waals surface area contributed by atoms with Gasteiger partial charge in [-0.1, -0.05) is 31.9 Å². The Hall–Kier alpha value is -1.87. The third kappa shape index (κ3) is 6.80. The monoisotopic (exact) mass is 559 g/mol. The van der Waals surface area contributed by atoms with E-state index in [9.17, 15) is 14.4 Å². The summed E-state index contributed by atoms with van der Waals surface area (Å²) in [6.07, 6.45) is -0.147. The number of hydrogen-bond donors (Lipinski definition) is 1. The van der Waals surface area contributed by atoms with Crippen LogP contribution in [0.1, 0.15) is 44.4 Å². The van der Waals surface area contributed by atoms with Gasteiger partial charge in [0, 0.05) is 27.2 Å². The topological polar surface area (TPSA) is 94.8 Å². The summed E-state index contributed by atoms with van der Waals surface area (Å²) in [5, 5.41) is 3.95. The molecule has 2 unspecified atom stereocenters.